The highest BCUT2D eigenvalue weighted by Gasteiger charge is 2.18. The second kappa shape index (κ2) is 6.25. The van der Waals surface area contributed by atoms with E-state index < -0.39 is 0 Å². The quantitative estimate of drug-likeness (QED) is 0.914. The van der Waals surface area contributed by atoms with Gasteiger partial charge in [0.2, 0.25) is 0 Å². The summed E-state index contributed by atoms with van der Waals surface area (Å²) in [5.74, 6) is 0. The van der Waals surface area contributed by atoms with Crippen molar-refractivity contribution in [2.24, 2.45) is 7.05 Å². The molecule has 0 spiro atoms. The van der Waals surface area contributed by atoms with Crippen LogP contribution in [0.1, 0.15) is 29.9 Å². The van der Waals surface area contributed by atoms with Crippen molar-refractivity contribution in [3.8, 4) is 0 Å². The van der Waals surface area contributed by atoms with Crippen LogP contribution < -0.4 is 5.32 Å². The zero-order valence-electron chi connectivity index (χ0n) is 11.4. The molecular weight excluding hydrogens is 306 g/mol. The average molecular weight is 324 g/mol. The molecule has 2 rings (SSSR count). The molecule has 0 amide bonds. The second-order valence-electron chi connectivity index (χ2n) is 4.41. The van der Waals surface area contributed by atoms with Crippen LogP contribution in [0.3, 0.4) is 0 Å². The van der Waals surface area contributed by atoms with Crippen molar-refractivity contribution in [3.63, 3.8) is 0 Å². The summed E-state index contributed by atoms with van der Waals surface area (Å²) in [6.45, 7) is 2.11. The first-order valence-corrected chi connectivity index (χ1v) is 7.10. The van der Waals surface area contributed by atoms with Gasteiger partial charge in [-0.2, -0.15) is 15.3 Å². The maximum Gasteiger partial charge on any atom is 0.0766 e. The molecule has 0 fully saturated rings. The van der Waals surface area contributed by atoms with E-state index in [-0.39, 0.29) is 6.04 Å². The molecule has 0 saturated heterocycles. The molecule has 1 atom stereocenters. The van der Waals surface area contributed by atoms with Crippen molar-refractivity contribution in [1.82, 2.24) is 25.3 Å². The molecule has 0 aliphatic heterocycles. The second-order valence-corrected chi connectivity index (χ2v) is 5.20. The molecule has 19 heavy (non-hydrogen) atoms. The van der Waals surface area contributed by atoms with Crippen LogP contribution in [-0.2, 0) is 19.9 Å². The van der Waals surface area contributed by atoms with E-state index in [0.717, 1.165) is 28.6 Å². The van der Waals surface area contributed by atoms with Crippen molar-refractivity contribution in [2.75, 3.05) is 7.05 Å². The third-order valence-electron chi connectivity index (χ3n) is 3.26. The maximum absolute atomic E-state index is 4.52. The Morgan fingerprint density at radius 1 is 1.42 bits per heavy atom. The molecule has 6 heteroatoms. The Hall–Kier alpha value is -1.27. The standard InChI is InChI=1S/C13H18BrN5/c1-4-10-13(14)12(19(3)18-10)7-11(15-2)9-5-6-16-17-8-9/h5-6,8,11,15H,4,7H2,1-3H3. The van der Waals surface area contributed by atoms with Crippen LogP contribution in [0.5, 0.6) is 0 Å². The summed E-state index contributed by atoms with van der Waals surface area (Å²) in [5.41, 5.74) is 3.41. The molecule has 0 radical (unpaired) electrons. The average Bonchev–Trinajstić information content (AvgIpc) is 2.72. The molecule has 2 aromatic heterocycles. The Labute approximate surface area is 121 Å². The number of nitrogens with zero attached hydrogens (tertiary/aromatic N) is 4. The van der Waals surface area contributed by atoms with Gasteiger partial charge in [0.15, 0.2) is 0 Å². The first kappa shape index (κ1) is 14.1. The third-order valence-corrected chi connectivity index (χ3v) is 4.17. The van der Waals surface area contributed by atoms with E-state index in [0.29, 0.717) is 0 Å². The normalized spacial score (nSPS) is 12.6. The van der Waals surface area contributed by atoms with Crippen molar-refractivity contribution in [2.45, 2.75) is 25.8 Å². The number of aryl methyl sites for hydroxylation is 2. The van der Waals surface area contributed by atoms with E-state index in [1.807, 2.05) is 24.8 Å². The molecule has 0 aliphatic rings. The summed E-state index contributed by atoms with van der Waals surface area (Å²) in [4.78, 5) is 0. The third kappa shape index (κ3) is 3.01. The Kier molecular flexibility index (Phi) is 4.66. The highest BCUT2D eigenvalue weighted by Crippen LogP contribution is 2.26. The molecular formula is C13H18BrN5. The van der Waals surface area contributed by atoms with Gasteiger partial charge in [-0.1, -0.05) is 6.92 Å². The zero-order valence-corrected chi connectivity index (χ0v) is 13.0. The van der Waals surface area contributed by atoms with Gasteiger partial charge in [0.25, 0.3) is 0 Å². The molecule has 0 aromatic carbocycles. The number of hydrogen-bond donors (Lipinski definition) is 1. The fraction of sp³-hybridized carbons (Fsp3) is 0.462. The lowest BCUT2D eigenvalue weighted by atomic mass is 10.0. The molecule has 2 heterocycles. The zero-order chi connectivity index (χ0) is 13.8. The SMILES string of the molecule is CCc1nn(C)c(CC(NC)c2ccnnc2)c1Br. The number of nitrogens with one attached hydrogen (secondary N) is 1. The monoisotopic (exact) mass is 323 g/mol. The Morgan fingerprint density at radius 2 is 2.21 bits per heavy atom. The highest BCUT2D eigenvalue weighted by molar-refractivity contribution is 9.10. The van der Waals surface area contributed by atoms with Gasteiger partial charge in [-0.25, -0.2) is 0 Å². The highest BCUT2D eigenvalue weighted by atomic mass is 79.9. The van der Waals surface area contributed by atoms with Gasteiger partial charge in [-0.15, -0.1) is 0 Å². The van der Waals surface area contributed by atoms with Gasteiger partial charge in [0.05, 0.1) is 22.1 Å². The summed E-state index contributed by atoms with van der Waals surface area (Å²) < 4.78 is 3.06. The van der Waals surface area contributed by atoms with Crippen molar-refractivity contribution < 1.29 is 0 Å². The van der Waals surface area contributed by atoms with Crippen LogP contribution in [0.15, 0.2) is 22.9 Å². The minimum Gasteiger partial charge on any atom is -0.313 e. The van der Waals surface area contributed by atoms with Crippen molar-refractivity contribution in [1.29, 1.82) is 0 Å². The molecule has 1 N–H and O–H groups in total. The van der Waals surface area contributed by atoms with Crippen LogP contribution in [-0.4, -0.2) is 27.0 Å². The summed E-state index contributed by atoms with van der Waals surface area (Å²) in [5, 5.41) is 15.6. The maximum atomic E-state index is 4.52. The topological polar surface area (TPSA) is 55.6 Å². The van der Waals surface area contributed by atoms with Crippen molar-refractivity contribution >= 4 is 15.9 Å². The minimum atomic E-state index is 0.201. The molecule has 2 aromatic rings. The molecule has 0 bridgehead atoms. The van der Waals surface area contributed by atoms with E-state index >= 15 is 0 Å². The number of likely N-dealkylation sites (N-methyl/N-ethyl adjacent to an activating group) is 1. The Morgan fingerprint density at radius 3 is 2.74 bits per heavy atom. The molecule has 1 unspecified atom stereocenters. The van der Waals surface area contributed by atoms with Gasteiger partial charge < -0.3 is 5.32 Å². The van der Waals surface area contributed by atoms with Crippen molar-refractivity contribution in [3.05, 3.63) is 39.9 Å². The van der Waals surface area contributed by atoms with E-state index in [1.165, 1.54) is 5.69 Å². The van der Waals surface area contributed by atoms with E-state index in [4.69, 9.17) is 0 Å². The number of rotatable bonds is 5. The van der Waals surface area contributed by atoms with E-state index in [9.17, 15) is 0 Å². The van der Waals surface area contributed by atoms with E-state index in [1.54, 1.807) is 12.4 Å². The summed E-state index contributed by atoms with van der Waals surface area (Å²) in [6, 6.07) is 2.19. The lowest BCUT2D eigenvalue weighted by Gasteiger charge is -2.16. The van der Waals surface area contributed by atoms with Gasteiger partial charge in [0, 0.05) is 25.7 Å². The van der Waals surface area contributed by atoms with Gasteiger partial charge >= 0.3 is 0 Å². The first-order chi connectivity index (χ1) is 9.17. The fourth-order valence-corrected chi connectivity index (χ4v) is 2.91. The van der Waals surface area contributed by atoms with Crippen LogP contribution in [0, 0.1) is 0 Å². The molecule has 0 aliphatic carbocycles. The van der Waals surface area contributed by atoms with Gasteiger partial charge in [0.1, 0.15) is 0 Å². The van der Waals surface area contributed by atoms with Crippen LogP contribution >= 0.6 is 15.9 Å². The number of aromatic nitrogens is 4. The van der Waals surface area contributed by atoms with Crippen LogP contribution in [0.2, 0.25) is 0 Å². The molecule has 0 saturated carbocycles. The number of halogens is 1. The molecule has 102 valence electrons. The number of hydrogen-bond acceptors (Lipinski definition) is 4. The Balaban J connectivity index is 2.26. The minimum absolute atomic E-state index is 0.201. The fourth-order valence-electron chi connectivity index (χ4n) is 2.13. The predicted molar refractivity (Wildman–Crippen MR) is 77.8 cm³/mol. The lowest BCUT2D eigenvalue weighted by Crippen LogP contribution is -2.20. The van der Waals surface area contributed by atoms with Crippen LogP contribution in [0.4, 0.5) is 0 Å². The van der Waals surface area contributed by atoms with Gasteiger partial charge in [-0.3, -0.25) is 4.68 Å². The molecule has 5 nitrogen and oxygen atoms in total. The van der Waals surface area contributed by atoms with E-state index in [2.05, 4.69) is 43.5 Å². The predicted octanol–water partition coefficient (Wildman–Crippen LogP) is 2.04. The lowest BCUT2D eigenvalue weighted by molar-refractivity contribution is 0.557. The summed E-state index contributed by atoms with van der Waals surface area (Å²) >= 11 is 3.65. The summed E-state index contributed by atoms with van der Waals surface area (Å²) in [7, 11) is 3.94. The van der Waals surface area contributed by atoms with Crippen LogP contribution in [0.25, 0.3) is 0 Å². The summed E-state index contributed by atoms with van der Waals surface area (Å²) in [6.07, 6.45) is 5.29. The first-order valence-electron chi connectivity index (χ1n) is 6.31. The van der Waals surface area contributed by atoms with Gasteiger partial charge in [-0.05, 0) is 41.0 Å². The largest absolute Gasteiger partial charge is 0.313 e. The Bertz CT molecular complexity index is 537. The smallest absolute Gasteiger partial charge is 0.0766 e.